The van der Waals surface area contributed by atoms with E-state index in [9.17, 15) is 62.6 Å². The minimum Gasteiger partial charge on any atom is -0.458 e. The Balaban J connectivity index is 1.24. The van der Waals surface area contributed by atoms with E-state index in [0.29, 0.717) is 51.3 Å². The van der Waals surface area contributed by atoms with Crippen LogP contribution in [0.4, 0.5) is 0 Å². The van der Waals surface area contributed by atoms with Gasteiger partial charge in [-0.05, 0) is 123 Å². The van der Waals surface area contributed by atoms with Crippen molar-refractivity contribution in [2.45, 2.75) is 217 Å². The van der Waals surface area contributed by atoms with Gasteiger partial charge in [0.15, 0.2) is 6.04 Å². The molecule has 0 saturated carbocycles. The lowest BCUT2D eigenvalue weighted by Crippen LogP contribution is -2.62. The van der Waals surface area contributed by atoms with Crippen molar-refractivity contribution in [2.24, 2.45) is 34.8 Å². The molecule has 6 rings (SSSR count). The van der Waals surface area contributed by atoms with E-state index in [-0.39, 0.29) is 95.2 Å². The van der Waals surface area contributed by atoms with Gasteiger partial charge in [-0.25, -0.2) is 4.79 Å². The Hall–Kier alpha value is -10.8. The molecule has 13 amide bonds. The predicted molar refractivity (Wildman–Crippen MR) is 418 cm³/mol. The van der Waals surface area contributed by atoms with Gasteiger partial charge in [0, 0.05) is 59.9 Å². The van der Waals surface area contributed by atoms with Crippen molar-refractivity contribution in [3.8, 4) is 0 Å². The monoisotopic (exact) mass is 1560 g/mol. The zero-order chi connectivity index (χ0) is 82.4. The molecule has 1 aliphatic heterocycles. The van der Waals surface area contributed by atoms with Crippen LogP contribution in [0.3, 0.4) is 0 Å². The number of aromatic nitrogens is 2. The van der Waals surface area contributed by atoms with Crippen LogP contribution in [0.25, 0.3) is 21.8 Å². The van der Waals surface area contributed by atoms with E-state index in [1.807, 2.05) is 58.9 Å². The van der Waals surface area contributed by atoms with Gasteiger partial charge in [-0.15, -0.1) is 0 Å². The molecule has 23 N–H and O–H groups in total. The van der Waals surface area contributed by atoms with Gasteiger partial charge in [0.25, 0.3) is 0 Å². The van der Waals surface area contributed by atoms with Crippen molar-refractivity contribution >= 4 is 105 Å². The maximum atomic E-state index is 15.1. The number of nitrogens with one attached hydrogen (secondary N) is 14. The maximum Gasteiger partial charge on any atom is 0.331 e. The summed E-state index contributed by atoms with van der Waals surface area (Å²) in [7, 11) is 0. The molecule has 0 bridgehead atoms. The minimum atomic E-state index is -1.78. The number of nitrogens with two attached hydrogens (primary N) is 4. The van der Waals surface area contributed by atoms with Crippen LogP contribution in [0.15, 0.2) is 85.2 Å². The number of ether oxygens (including phenoxy) is 1. The number of benzene rings is 3. The third kappa shape index (κ3) is 27.6. The number of primary amides is 1. The number of amides is 13. The number of hydrogen-bond donors (Lipinski definition) is 19. The lowest BCUT2D eigenvalue weighted by Gasteiger charge is -2.30. The number of hydrogen-bond acceptors (Lipinski definition) is 19. The van der Waals surface area contributed by atoms with Crippen molar-refractivity contribution in [3.63, 3.8) is 0 Å². The molecule has 34 nitrogen and oxygen atoms in total. The first-order valence-corrected chi connectivity index (χ1v) is 38.3. The standard InChI is InChI=1S/C78H114N18O16/c1-9-43(3)25-30-63(99)88-60(37-62(82)98)73(107)92-57(34-46-26-28-49(29-27-46)78(6,7)8)71(105)94-58(35-47-38-83-52-20-13-11-18-50(47)52)72(106)91-56(24-17-33-81)70(104)90-54(22-15-31-79)68(102)85-40-64(100)87-55(23-16-32-80)69(103)93-59(36-48-39-84-53-21-14-12-19-51(48)53)74(108)96-67-45(5)112-77(111)61(42-97)89-65(101)41-86-75(109)66(44(4)10-2)95-76(67)110/h11-14,18-21,26-29,38-39,43-45,54-61,66-67,83-84,97H,9-10,15-17,22-25,30-37,40-42,79-81H2,1-8H3,(H2,82,98)(H,85,102)(H,86,109)(H,87,100)(H,88,99)(H,89,101)(H,90,104)(H,91,106)(H,92,107)(H,93,103)(H,94,105)(H,95,110)(H,96,108)/t43?,44-,45+,54-,55+,56+,57+,58+,59-,60+,61-,66-,67-/m0/s1. The highest BCUT2D eigenvalue weighted by atomic mass is 16.5. The number of aliphatic hydroxyl groups is 1. The highest BCUT2D eigenvalue weighted by molar-refractivity contribution is 6.01. The third-order valence-electron chi connectivity index (χ3n) is 19.8. The maximum absolute atomic E-state index is 15.1. The number of esters is 1. The first-order chi connectivity index (χ1) is 53.3. The average Bonchev–Trinajstić information content (AvgIpc) is 1.63. The van der Waals surface area contributed by atoms with Crippen molar-refractivity contribution in [2.75, 3.05) is 39.3 Å². The number of carbonyl (C=O) groups excluding carboxylic acids is 14. The molecule has 0 spiro atoms. The first kappa shape index (κ1) is 90.0. The molecule has 5 aromatic rings. The van der Waals surface area contributed by atoms with Gasteiger partial charge in [-0.2, -0.15) is 0 Å². The van der Waals surface area contributed by atoms with Gasteiger partial charge in [-0.3, -0.25) is 62.3 Å². The third-order valence-corrected chi connectivity index (χ3v) is 19.8. The Bertz CT molecular complexity index is 4060. The van der Waals surface area contributed by atoms with Gasteiger partial charge in [0.1, 0.15) is 60.5 Å². The smallest absolute Gasteiger partial charge is 0.331 e. The predicted octanol–water partition coefficient (Wildman–Crippen LogP) is -1.04. The largest absolute Gasteiger partial charge is 0.458 e. The van der Waals surface area contributed by atoms with Gasteiger partial charge in [-0.1, -0.05) is 122 Å². The summed E-state index contributed by atoms with van der Waals surface area (Å²) in [6, 6.07) is 6.68. The molecule has 612 valence electrons. The fourth-order valence-corrected chi connectivity index (χ4v) is 12.6. The summed E-state index contributed by atoms with van der Waals surface area (Å²) in [4.78, 5) is 203. The molecular weight excluding hydrogens is 1440 g/mol. The van der Waals surface area contributed by atoms with Gasteiger partial charge in [0.05, 0.1) is 26.1 Å². The Labute approximate surface area is 651 Å². The number of para-hydroxylation sites is 2. The van der Waals surface area contributed by atoms with E-state index < -0.39 is 181 Å². The molecule has 0 aliphatic carbocycles. The highest BCUT2D eigenvalue weighted by Gasteiger charge is 2.40. The number of carbonyl (C=O) groups is 14. The van der Waals surface area contributed by atoms with Crippen LogP contribution in [0.1, 0.15) is 148 Å². The normalized spacial score (nSPS) is 18.0. The molecule has 1 saturated heterocycles. The zero-order valence-electron chi connectivity index (χ0n) is 65.1. The molecule has 1 fully saturated rings. The van der Waals surface area contributed by atoms with Crippen molar-refractivity contribution in [1.82, 2.24) is 73.8 Å². The second-order valence-electron chi connectivity index (χ2n) is 29.6. The number of aromatic amines is 2. The molecule has 3 heterocycles. The Morgan fingerprint density at radius 1 is 0.562 bits per heavy atom. The SMILES string of the molecule is CCC(C)CCC(=O)N[C@H](CC(N)=O)C(=O)N[C@H](Cc1ccc(C(C)(C)C)cc1)C(=O)N[C@H](Cc1c[nH]c2ccccc12)C(=O)N[C@H](CCCN)C(=O)N[C@@H](CCCN)C(=O)NCC(=O)N[C@H](CCCN)C(=O)N[C@@H](Cc1c[nH]c2ccccc12)C(=O)N[C@@H]1C(=O)N[C@@H]([C@@H](C)CC)C(=O)NCC(=O)N[C@@H](CO)C(=O)O[C@@H]1C. The van der Waals surface area contributed by atoms with Crippen LogP contribution in [0.2, 0.25) is 0 Å². The average molecular weight is 1560 g/mol. The van der Waals surface area contributed by atoms with Crippen molar-refractivity contribution in [3.05, 3.63) is 107 Å². The van der Waals surface area contributed by atoms with Crippen LogP contribution >= 0.6 is 0 Å². The topological polar surface area (TPSA) is 548 Å². The van der Waals surface area contributed by atoms with Crippen molar-refractivity contribution in [1.29, 1.82) is 0 Å². The van der Waals surface area contributed by atoms with Crippen LogP contribution in [0, 0.1) is 11.8 Å². The van der Waals surface area contributed by atoms with E-state index in [1.54, 1.807) is 74.8 Å². The van der Waals surface area contributed by atoms with Gasteiger partial charge in [0.2, 0.25) is 76.8 Å². The van der Waals surface area contributed by atoms with E-state index >= 15 is 9.59 Å². The number of H-pyrrole nitrogens is 2. The minimum absolute atomic E-state index is 0.0326. The first-order valence-electron chi connectivity index (χ1n) is 38.3. The zero-order valence-corrected chi connectivity index (χ0v) is 65.1. The number of aliphatic hydroxyl groups excluding tert-OH is 1. The van der Waals surface area contributed by atoms with Crippen LogP contribution in [0.5, 0.6) is 0 Å². The van der Waals surface area contributed by atoms with E-state index in [1.165, 1.54) is 6.92 Å². The lowest BCUT2D eigenvalue weighted by atomic mass is 9.86. The summed E-state index contributed by atoms with van der Waals surface area (Å²) in [6.07, 6.45) is 2.47. The highest BCUT2D eigenvalue weighted by Crippen LogP contribution is 2.25. The summed E-state index contributed by atoms with van der Waals surface area (Å²) in [5.74, 6) is -12.8. The second-order valence-corrected chi connectivity index (χ2v) is 29.6. The second kappa shape index (κ2) is 44.3. The molecule has 112 heavy (non-hydrogen) atoms. The summed E-state index contributed by atoms with van der Waals surface area (Å²) in [5, 5.41) is 42.7. The van der Waals surface area contributed by atoms with Crippen LogP contribution in [-0.4, -0.2) is 204 Å². The number of fused-ring (bicyclic) bond motifs is 2. The molecule has 1 aliphatic rings. The molecule has 0 radical (unpaired) electrons. The number of rotatable bonds is 41. The summed E-state index contributed by atoms with van der Waals surface area (Å²) >= 11 is 0. The molecule has 1 unspecified atom stereocenters. The van der Waals surface area contributed by atoms with Crippen LogP contribution in [-0.2, 0) is 96.5 Å². The fraction of sp³-hybridized carbons (Fsp3) is 0.538. The lowest BCUT2D eigenvalue weighted by molar-refractivity contribution is -0.157. The Kier molecular flexibility index (Phi) is 35.6. The van der Waals surface area contributed by atoms with E-state index in [2.05, 4.69) is 73.8 Å². The van der Waals surface area contributed by atoms with Crippen molar-refractivity contribution < 1.29 is 77.0 Å². The van der Waals surface area contributed by atoms with Gasteiger partial charge >= 0.3 is 5.97 Å². The van der Waals surface area contributed by atoms with Crippen LogP contribution < -0.4 is 86.7 Å². The van der Waals surface area contributed by atoms with Gasteiger partial charge < -0.3 is 107 Å². The molecule has 13 atom stereocenters. The van der Waals surface area contributed by atoms with E-state index in [0.717, 1.165) is 12.0 Å². The summed E-state index contributed by atoms with van der Waals surface area (Å²) in [6.45, 7) is 12.5. The molecule has 34 heteroatoms. The molecule has 2 aromatic heterocycles. The van der Waals surface area contributed by atoms with E-state index in [4.69, 9.17) is 27.7 Å². The number of cyclic esters (lactones) is 1. The molecule has 3 aromatic carbocycles. The Morgan fingerprint density at radius 3 is 1.54 bits per heavy atom. The Morgan fingerprint density at radius 2 is 1.04 bits per heavy atom. The fourth-order valence-electron chi connectivity index (χ4n) is 12.6. The summed E-state index contributed by atoms with van der Waals surface area (Å²) in [5.41, 5.74) is 27.2. The quantitative estimate of drug-likeness (QED) is 0.0208. The molecular formula is C78H114N18O16. The summed E-state index contributed by atoms with van der Waals surface area (Å²) < 4.78 is 5.58.